The summed E-state index contributed by atoms with van der Waals surface area (Å²) in [7, 11) is 0. The Morgan fingerprint density at radius 1 is 1.41 bits per heavy atom. The SMILES string of the molecule is CC(C)(C)NCC(=O)Nc1cc(Cl)ccc1Br. The van der Waals surface area contributed by atoms with Crippen LogP contribution in [0.4, 0.5) is 5.69 Å². The summed E-state index contributed by atoms with van der Waals surface area (Å²) in [6.45, 7) is 6.29. The molecule has 1 aromatic carbocycles. The molecule has 3 nitrogen and oxygen atoms in total. The van der Waals surface area contributed by atoms with E-state index in [1.165, 1.54) is 0 Å². The van der Waals surface area contributed by atoms with E-state index in [0.29, 0.717) is 10.7 Å². The minimum Gasteiger partial charge on any atom is -0.324 e. The van der Waals surface area contributed by atoms with E-state index in [2.05, 4.69) is 26.6 Å². The molecule has 0 aliphatic rings. The van der Waals surface area contributed by atoms with E-state index in [-0.39, 0.29) is 18.0 Å². The first-order valence-corrected chi connectivity index (χ1v) is 6.45. The molecule has 1 amide bonds. The van der Waals surface area contributed by atoms with E-state index < -0.39 is 0 Å². The number of halogens is 2. The first-order chi connectivity index (χ1) is 7.78. The number of benzene rings is 1. The highest BCUT2D eigenvalue weighted by Gasteiger charge is 2.12. The summed E-state index contributed by atoms with van der Waals surface area (Å²) < 4.78 is 0.811. The van der Waals surface area contributed by atoms with Crippen molar-refractivity contribution in [1.29, 1.82) is 0 Å². The predicted molar refractivity (Wildman–Crippen MR) is 75.5 cm³/mol. The zero-order chi connectivity index (χ0) is 13.1. The lowest BCUT2D eigenvalue weighted by Gasteiger charge is -2.20. The molecule has 0 aliphatic heterocycles. The molecule has 0 aliphatic carbocycles. The Balaban J connectivity index is 2.59. The number of rotatable bonds is 3. The molecule has 17 heavy (non-hydrogen) atoms. The van der Waals surface area contributed by atoms with Crippen molar-refractivity contribution >= 4 is 39.1 Å². The third-order valence-corrected chi connectivity index (χ3v) is 2.91. The van der Waals surface area contributed by atoms with Crippen molar-refractivity contribution < 1.29 is 4.79 Å². The molecule has 0 atom stereocenters. The lowest BCUT2D eigenvalue weighted by Crippen LogP contribution is -2.41. The van der Waals surface area contributed by atoms with Gasteiger partial charge in [-0.15, -0.1) is 0 Å². The second kappa shape index (κ2) is 5.85. The summed E-state index contributed by atoms with van der Waals surface area (Å²) in [4.78, 5) is 11.7. The van der Waals surface area contributed by atoms with Gasteiger partial charge in [0.1, 0.15) is 0 Å². The van der Waals surface area contributed by atoms with Gasteiger partial charge in [0.15, 0.2) is 0 Å². The van der Waals surface area contributed by atoms with Gasteiger partial charge in [-0.1, -0.05) is 11.6 Å². The smallest absolute Gasteiger partial charge is 0.238 e. The maximum atomic E-state index is 11.7. The van der Waals surface area contributed by atoms with Crippen LogP contribution in [0.25, 0.3) is 0 Å². The lowest BCUT2D eigenvalue weighted by molar-refractivity contribution is -0.115. The second-order valence-electron chi connectivity index (χ2n) is 4.78. The number of carbonyl (C=O) groups excluding carboxylic acids is 1. The molecule has 0 heterocycles. The first kappa shape index (κ1) is 14.5. The molecule has 0 spiro atoms. The van der Waals surface area contributed by atoms with E-state index in [1.807, 2.05) is 20.8 Å². The molecule has 2 N–H and O–H groups in total. The van der Waals surface area contributed by atoms with Crippen LogP contribution in [0.15, 0.2) is 22.7 Å². The number of hydrogen-bond acceptors (Lipinski definition) is 2. The first-order valence-electron chi connectivity index (χ1n) is 5.28. The summed E-state index contributed by atoms with van der Waals surface area (Å²) in [5.74, 6) is -0.0945. The molecule has 1 aromatic rings. The van der Waals surface area contributed by atoms with E-state index in [1.54, 1.807) is 18.2 Å². The van der Waals surface area contributed by atoms with Gasteiger partial charge in [-0.05, 0) is 54.9 Å². The van der Waals surface area contributed by atoms with E-state index in [9.17, 15) is 4.79 Å². The van der Waals surface area contributed by atoms with Crippen LogP contribution < -0.4 is 10.6 Å². The molecule has 0 bridgehead atoms. The predicted octanol–water partition coefficient (Wildman–Crippen LogP) is 3.43. The molecule has 0 unspecified atom stereocenters. The zero-order valence-electron chi connectivity index (χ0n) is 10.1. The van der Waals surface area contributed by atoms with Gasteiger partial charge in [-0.2, -0.15) is 0 Å². The fourth-order valence-electron chi connectivity index (χ4n) is 1.13. The largest absolute Gasteiger partial charge is 0.324 e. The van der Waals surface area contributed by atoms with Crippen LogP contribution in [0.3, 0.4) is 0 Å². The van der Waals surface area contributed by atoms with Crippen LogP contribution in [0, 0.1) is 0 Å². The number of carbonyl (C=O) groups is 1. The Kier molecular flexibility index (Phi) is 4.98. The van der Waals surface area contributed by atoms with Gasteiger partial charge in [0.25, 0.3) is 0 Å². The van der Waals surface area contributed by atoms with Crippen molar-refractivity contribution in [2.45, 2.75) is 26.3 Å². The summed E-state index contributed by atoms with van der Waals surface area (Å²) in [5.41, 5.74) is 0.598. The van der Waals surface area contributed by atoms with Gasteiger partial charge in [-0.25, -0.2) is 0 Å². The van der Waals surface area contributed by atoms with Crippen LogP contribution in [-0.2, 0) is 4.79 Å². The van der Waals surface area contributed by atoms with Crippen molar-refractivity contribution in [2.24, 2.45) is 0 Å². The topological polar surface area (TPSA) is 41.1 Å². The van der Waals surface area contributed by atoms with Crippen LogP contribution in [0.1, 0.15) is 20.8 Å². The van der Waals surface area contributed by atoms with Crippen molar-refractivity contribution in [3.63, 3.8) is 0 Å². The maximum Gasteiger partial charge on any atom is 0.238 e. The zero-order valence-corrected chi connectivity index (χ0v) is 12.4. The van der Waals surface area contributed by atoms with Crippen molar-refractivity contribution in [3.05, 3.63) is 27.7 Å². The quantitative estimate of drug-likeness (QED) is 0.896. The van der Waals surface area contributed by atoms with E-state index >= 15 is 0 Å². The Hall–Kier alpha value is -0.580. The third kappa shape index (κ3) is 5.52. The Morgan fingerprint density at radius 2 is 2.06 bits per heavy atom. The normalized spacial score (nSPS) is 11.4. The van der Waals surface area contributed by atoms with Gasteiger partial charge < -0.3 is 10.6 Å². The molecule has 0 fully saturated rings. The molecule has 0 saturated carbocycles. The summed E-state index contributed by atoms with van der Waals surface area (Å²) in [6.07, 6.45) is 0. The minimum atomic E-state index is -0.0945. The Morgan fingerprint density at radius 3 is 2.65 bits per heavy atom. The lowest BCUT2D eigenvalue weighted by atomic mass is 10.1. The van der Waals surface area contributed by atoms with Crippen LogP contribution >= 0.6 is 27.5 Å². The third-order valence-electron chi connectivity index (χ3n) is 1.98. The summed E-state index contributed by atoms with van der Waals surface area (Å²) in [5, 5.41) is 6.50. The Labute approximate surface area is 115 Å². The van der Waals surface area contributed by atoms with Crippen molar-refractivity contribution in [1.82, 2.24) is 5.32 Å². The molecular weight excluding hydrogens is 304 g/mol. The minimum absolute atomic E-state index is 0.0805. The number of hydrogen-bond donors (Lipinski definition) is 2. The molecule has 1 rings (SSSR count). The highest BCUT2D eigenvalue weighted by molar-refractivity contribution is 9.10. The number of nitrogens with one attached hydrogen (secondary N) is 2. The average molecular weight is 320 g/mol. The number of anilines is 1. The van der Waals surface area contributed by atoms with Gasteiger partial charge in [0.2, 0.25) is 5.91 Å². The van der Waals surface area contributed by atoms with Gasteiger partial charge in [-0.3, -0.25) is 4.79 Å². The van der Waals surface area contributed by atoms with Crippen molar-refractivity contribution in [2.75, 3.05) is 11.9 Å². The van der Waals surface area contributed by atoms with Gasteiger partial charge in [0, 0.05) is 15.0 Å². The van der Waals surface area contributed by atoms with E-state index in [4.69, 9.17) is 11.6 Å². The van der Waals surface area contributed by atoms with Crippen molar-refractivity contribution in [3.8, 4) is 0 Å². The highest BCUT2D eigenvalue weighted by Crippen LogP contribution is 2.25. The van der Waals surface area contributed by atoms with Gasteiger partial charge in [0.05, 0.1) is 12.2 Å². The molecule has 0 radical (unpaired) electrons. The van der Waals surface area contributed by atoms with Crippen LogP contribution in [0.5, 0.6) is 0 Å². The summed E-state index contributed by atoms with van der Waals surface area (Å²) >= 11 is 9.22. The van der Waals surface area contributed by atoms with E-state index in [0.717, 1.165) is 4.47 Å². The molecule has 0 saturated heterocycles. The second-order valence-corrected chi connectivity index (χ2v) is 6.07. The molecule has 5 heteroatoms. The molecular formula is C12H16BrClN2O. The molecule has 94 valence electrons. The fraction of sp³-hybridized carbons (Fsp3) is 0.417. The average Bonchev–Trinajstić information content (AvgIpc) is 2.20. The standard InChI is InChI=1S/C12H16BrClN2O/c1-12(2,3)15-7-11(17)16-10-6-8(14)4-5-9(10)13/h4-6,15H,7H2,1-3H3,(H,16,17). The fourth-order valence-corrected chi connectivity index (χ4v) is 1.65. The van der Waals surface area contributed by atoms with Crippen LogP contribution in [-0.4, -0.2) is 18.0 Å². The highest BCUT2D eigenvalue weighted by atomic mass is 79.9. The monoisotopic (exact) mass is 318 g/mol. The van der Waals surface area contributed by atoms with Crippen LogP contribution in [0.2, 0.25) is 5.02 Å². The molecule has 0 aromatic heterocycles. The summed E-state index contributed by atoms with van der Waals surface area (Å²) in [6, 6.07) is 5.27. The number of amides is 1. The Bertz CT molecular complexity index is 415. The maximum absolute atomic E-state index is 11.7. The van der Waals surface area contributed by atoms with Gasteiger partial charge >= 0.3 is 0 Å².